The first-order valence-corrected chi connectivity index (χ1v) is 10.1. The lowest BCUT2D eigenvalue weighted by Gasteiger charge is -2.19. The molecule has 2 N–H and O–H groups in total. The van der Waals surface area contributed by atoms with E-state index in [1.807, 2.05) is 0 Å². The number of alkyl halides is 2. The number of anilines is 1. The molecule has 4 rings (SSSR count). The third-order valence-electron chi connectivity index (χ3n) is 5.33. The van der Waals surface area contributed by atoms with Gasteiger partial charge in [-0.15, -0.1) is 0 Å². The Bertz CT molecular complexity index is 1480. The summed E-state index contributed by atoms with van der Waals surface area (Å²) < 4.78 is 42.2. The van der Waals surface area contributed by atoms with Gasteiger partial charge in [0.05, 0.1) is 17.0 Å². The standard InChI is InChI=1S/C23H20F3N5O2/c1-11(14-5-4-6-15(19(14)24)20(25)26)27-21-17-9-16(13-7-8-18(32)31(3)10-13)23(33)30-22(17)29-12(2)28-21/h4-11,20H,1-3H3,(H2,27,28,29,30,33). The zero-order valence-corrected chi connectivity index (χ0v) is 18.0. The number of nitrogens with one attached hydrogen (secondary N) is 2. The van der Waals surface area contributed by atoms with E-state index in [2.05, 4.69) is 20.3 Å². The van der Waals surface area contributed by atoms with Crippen LogP contribution in [0.15, 0.2) is 52.2 Å². The molecule has 3 aromatic heterocycles. The number of fused-ring (bicyclic) bond motifs is 1. The van der Waals surface area contributed by atoms with Crippen LogP contribution in [0.5, 0.6) is 0 Å². The molecule has 7 nitrogen and oxygen atoms in total. The van der Waals surface area contributed by atoms with E-state index < -0.39 is 29.4 Å². The Morgan fingerprint density at radius 3 is 2.52 bits per heavy atom. The lowest BCUT2D eigenvalue weighted by atomic mass is 10.0. The van der Waals surface area contributed by atoms with E-state index in [9.17, 15) is 22.8 Å². The van der Waals surface area contributed by atoms with E-state index >= 15 is 0 Å². The number of H-pyrrole nitrogens is 1. The average molecular weight is 455 g/mol. The summed E-state index contributed by atoms with van der Waals surface area (Å²) in [7, 11) is 1.57. The predicted octanol–water partition coefficient (Wildman–Crippen LogP) is 4.24. The number of aromatic nitrogens is 4. The molecule has 0 amide bonds. The zero-order chi connectivity index (χ0) is 23.9. The van der Waals surface area contributed by atoms with Crippen molar-refractivity contribution in [3.63, 3.8) is 0 Å². The first kappa shape index (κ1) is 22.3. The Morgan fingerprint density at radius 1 is 1.09 bits per heavy atom. The number of aromatic amines is 1. The third kappa shape index (κ3) is 4.23. The highest BCUT2D eigenvalue weighted by Gasteiger charge is 2.21. The van der Waals surface area contributed by atoms with Crippen LogP contribution in [-0.4, -0.2) is 19.5 Å². The first-order valence-electron chi connectivity index (χ1n) is 10.1. The molecule has 1 unspecified atom stereocenters. The van der Waals surface area contributed by atoms with Crippen LogP contribution in [0.1, 0.15) is 36.3 Å². The summed E-state index contributed by atoms with van der Waals surface area (Å²) in [5.74, 6) is -0.333. The minimum Gasteiger partial charge on any atom is -0.363 e. The van der Waals surface area contributed by atoms with Gasteiger partial charge in [0.1, 0.15) is 23.1 Å². The summed E-state index contributed by atoms with van der Waals surface area (Å²) in [5.41, 5.74) is -0.195. The summed E-state index contributed by atoms with van der Waals surface area (Å²) in [4.78, 5) is 35.8. The topological polar surface area (TPSA) is 92.7 Å². The minimum absolute atomic E-state index is 0.0555. The number of pyridine rings is 2. The summed E-state index contributed by atoms with van der Waals surface area (Å²) in [6, 6.07) is 7.59. The molecule has 10 heteroatoms. The normalized spacial score (nSPS) is 12.3. The van der Waals surface area contributed by atoms with E-state index in [-0.39, 0.29) is 22.3 Å². The molecule has 0 bridgehead atoms. The number of nitrogens with zero attached hydrogens (tertiary/aromatic N) is 3. The molecule has 4 aromatic rings. The van der Waals surface area contributed by atoms with Crippen LogP contribution in [0.2, 0.25) is 0 Å². The van der Waals surface area contributed by atoms with E-state index in [4.69, 9.17) is 0 Å². The fourth-order valence-electron chi connectivity index (χ4n) is 3.63. The maximum absolute atomic E-state index is 14.7. The van der Waals surface area contributed by atoms with Gasteiger partial charge in [-0.25, -0.2) is 23.1 Å². The summed E-state index contributed by atoms with van der Waals surface area (Å²) in [5, 5.41) is 3.50. The number of benzene rings is 1. The van der Waals surface area contributed by atoms with E-state index in [1.165, 1.54) is 35.0 Å². The molecule has 0 aliphatic rings. The predicted molar refractivity (Wildman–Crippen MR) is 119 cm³/mol. The maximum Gasteiger partial charge on any atom is 0.266 e. The Labute approximate surface area is 186 Å². The Balaban J connectivity index is 1.82. The highest BCUT2D eigenvalue weighted by molar-refractivity contribution is 5.90. The maximum atomic E-state index is 14.7. The molecule has 1 aromatic carbocycles. The fourth-order valence-corrected chi connectivity index (χ4v) is 3.63. The van der Waals surface area contributed by atoms with Crippen LogP contribution < -0.4 is 16.4 Å². The van der Waals surface area contributed by atoms with Gasteiger partial charge >= 0.3 is 0 Å². The van der Waals surface area contributed by atoms with Crippen LogP contribution in [0.3, 0.4) is 0 Å². The quantitative estimate of drug-likeness (QED) is 0.470. The van der Waals surface area contributed by atoms with Gasteiger partial charge in [-0.3, -0.25) is 9.59 Å². The number of rotatable bonds is 5. The van der Waals surface area contributed by atoms with Gasteiger partial charge in [0, 0.05) is 36.0 Å². The van der Waals surface area contributed by atoms with Gasteiger partial charge in [0.15, 0.2) is 0 Å². The molecule has 0 radical (unpaired) electrons. The fraction of sp³-hybridized carbons (Fsp3) is 0.217. The van der Waals surface area contributed by atoms with Crippen molar-refractivity contribution in [1.29, 1.82) is 0 Å². The molecule has 0 spiro atoms. The van der Waals surface area contributed by atoms with Crippen LogP contribution in [0, 0.1) is 12.7 Å². The lowest BCUT2D eigenvalue weighted by molar-refractivity contribution is 0.146. The molecule has 0 aliphatic heterocycles. The van der Waals surface area contributed by atoms with Crippen molar-refractivity contribution < 1.29 is 13.2 Å². The Morgan fingerprint density at radius 2 is 1.82 bits per heavy atom. The summed E-state index contributed by atoms with van der Waals surface area (Å²) >= 11 is 0. The Kier molecular flexibility index (Phi) is 5.75. The largest absolute Gasteiger partial charge is 0.363 e. The minimum atomic E-state index is -2.94. The van der Waals surface area contributed by atoms with Crippen LogP contribution in [0.25, 0.3) is 22.2 Å². The monoisotopic (exact) mass is 455 g/mol. The van der Waals surface area contributed by atoms with E-state index in [0.717, 1.165) is 6.07 Å². The smallest absolute Gasteiger partial charge is 0.266 e. The summed E-state index contributed by atoms with van der Waals surface area (Å²) in [6.45, 7) is 3.25. The number of halogens is 3. The molecule has 0 aliphatic carbocycles. The van der Waals surface area contributed by atoms with Gasteiger partial charge in [0.2, 0.25) is 5.56 Å². The van der Waals surface area contributed by atoms with Crippen LogP contribution in [-0.2, 0) is 7.05 Å². The SMILES string of the molecule is Cc1nc(NC(C)c2cccc(C(F)F)c2F)c2cc(-c3ccc(=O)n(C)c3)c(=O)[nH]c2n1. The Hall–Kier alpha value is -3.95. The second-order valence-electron chi connectivity index (χ2n) is 7.68. The highest BCUT2D eigenvalue weighted by atomic mass is 19.3. The van der Waals surface area contributed by atoms with Gasteiger partial charge in [-0.1, -0.05) is 18.2 Å². The molecular formula is C23H20F3N5O2. The summed E-state index contributed by atoms with van der Waals surface area (Å²) in [6.07, 6.45) is -1.40. The molecule has 170 valence electrons. The first-order chi connectivity index (χ1) is 15.7. The lowest BCUT2D eigenvalue weighted by Crippen LogP contribution is -2.17. The van der Waals surface area contributed by atoms with E-state index in [1.54, 1.807) is 27.0 Å². The molecule has 1 atom stereocenters. The number of aryl methyl sites for hydroxylation is 2. The van der Waals surface area contributed by atoms with Crippen molar-refractivity contribution in [2.45, 2.75) is 26.3 Å². The molecular weight excluding hydrogens is 435 g/mol. The van der Waals surface area contributed by atoms with Crippen molar-refractivity contribution in [2.24, 2.45) is 7.05 Å². The number of hydrogen-bond donors (Lipinski definition) is 2. The van der Waals surface area contributed by atoms with Crippen molar-refractivity contribution in [1.82, 2.24) is 19.5 Å². The van der Waals surface area contributed by atoms with E-state index in [0.29, 0.717) is 22.6 Å². The highest BCUT2D eigenvalue weighted by Crippen LogP contribution is 2.30. The second kappa shape index (κ2) is 8.53. The van der Waals surface area contributed by atoms with Crippen molar-refractivity contribution >= 4 is 16.9 Å². The van der Waals surface area contributed by atoms with Crippen molar-refractivity contribution in [2.75, 3.05) is 5.32 Å². The van der Waals surface area contributed by atoms with Gasteiger partial charge in [0.25, 0.3) is 12.0 Å². The zero-order valence-electron chi connectivity index (χ0n) is 18.0. The van der Waals surface area contributed by atoms with Gasteiger partial charge in [-0.05, 0) is 26.0 Å². The van der Waals surface area contributed by atoms with Crippen LogP contribution in [0.4, 0.5) is 19.0 Å². The second-order valence-corrected chi connectivity index (χ2v) is 7.68. The molecule has 0 saturated carbocycles. The third-order valence-corrected chi connectivity index (χ3v) is 5.33. The average Bonchev–Trinajstić information content (AvgIpc) is 2.75. The van der Waals surface area contributed by atoms with Crippen molar-refractivity contribution in [3.8, 4) is 11.1 Å². The molecule has 33 heavy (non-hydrogen) atoms. The molecule has 3 heterocycles. The molecule has 0 fully saturated rings. The van der Waals surface area contributed by atoms with Crippen LogP contribution >= 0.6 is 0 Å². The van der Waals surface area contributed by atoms with Gasteiger partial charge < -0.3 is 14.9 Å². The molecule has 0 saturated heterocycles. The van der Waals surface area contributed by atoms with Gasteiger partial charge in [-0.2, -0.15) is 0 Å². The number of hydrogen-bond acceptors (Lipinski definition) is 5. The van der Waals surface area contributed by atoms with Crippen molar-refractivity contribution in [3.05, 3.63) is 86.1 Å².